The number of hydrogen-bond donors (Lipinski definition) is 1. The average Bonchev–Trinajstić information content (AvgIpc) is 2.26. The number of fused-ring (bicyclic) bond motifs is 2. The van der Waals surface area contributed by atoms with Crippen LogP contribution in [0, 0.1) is 0 Å². The maximum atomic E-state index is 3.42. The molecule has 0 aromatic heterocycles. The Balaban J connectivity index is 0.000000640. The summed E-state index contributed by atoms with van der Waals surface area (Å²) in [4.78, 5) is 2.59. The predicted octanol–water partition coefficient (Wildman–Crippen LogP) is 1.01. The van der Waals surface area contributed by atoms with E-state index < -0.39 is 0 Å². The molecule has 1 aliphatic heterocycles. The summed E-state index contributed by atoms with van der Waals surface area (Å²) < 4.78 is 0. The molecule has 2 aromatic rings. The van der Waals surface area contributed by atoms with E-state index in [0.29, 0.717) is 0 Å². The Hall–Kier alpha value is 0.226. The van der Waals surface area contributed by atoms with Gasteiger partial charge in [0.15, 0.2) is 0 Å². The van der Waals surface area contributed by atoms with Crippen LogP contribution in [0.3, 0.4) is 0 Å². The van der Waals surface area contributed by atoms with Gasteiger partial charge in [0.2, 0.25) is 0 Å². The summed E-state index contributed by atoms with van der Waals surface area (Å²) in [5.41, 5.74) is 2.41. The van der Waals surface area contributed by atoms with E-state index in [-0.39, 0.29) is 52.8 Å². The van der Waals surface area contributed by atoms with Gasteiger partial charge in [0.05, 0.1) is 11.4 Å². The van der Waals surface area contributed by atoms with Gasteiger partial charge < -0.3 is 6.74 Å². The number of anilines is 2. The molecular formula is C12H10KNS. The fraction of sp³-hybridized carbons (Fsp3) is 0. The molecule has 1 aliphatic rings. The Morgan fingerprint density at radius 2 is 1.27 bits per heavy atom. The summed E-state index contributed by atoms with van der Waals surface area (Å²) in [5, 5.41) is 3.42. The summed E-state index contributed by atoms with van der Waals surface area (Å²) in [6.45, 7) is 0. The maximum Gasteiger partial charge on any atom is 1.00 e. The van der Waals surface area contributed by atoms with Gasteiger partial charge in [-0.3, -0.25) is 0 Å². The molecule has 0 unspecified atom stereocenters. The summed E-state index contributed by atoms with van der Waals surface area (Å²) in [5.74, 6) is 0. The minimum atomic E-state index is 0. The second-order valence-electron chi connectivity index (χ2n) is 3.22. The van der Waals surface area contributed by atoms with E-state index in [9.17, 15) is 0 Å². The molecule has 0 fully saturated rings. The standard InChI is InChI=1S/C12H9NS.K.H/c1-3-7-11-9(5-1)13-10-6-2-4-8-12(10)14-11;;/h1-8,13H;;/q;+1;-1. The fourth-order valence-corrected chi connectivity index (χ4v) is 2.57. The van der Waals surface area contributed by atoms with Crippen molar-refractivity contribution in [2.24, 2.45) is 0 Å². The van der Waals surface area contributed by atoms with Crippen LogP contribution in [0.4, 0.5) is 11.4 Å². The Morgan fingerprint density at radius 1 is 0.800 bits per heavy atom. The molecule has 1 N–H and O–H groups in total. The first-order chi connectivity index (χ1) is 6.93. The van der Waals surface area contributed by atoms with Gasteiger partial charge in [-0.15, -0.1) is 0 Å². The minimum Gasteiger partial charge on any atom is -1.00 e. The van der Waals surface area contributed by atoms with Gasteiger partial charge in [0.1, 0.15) is 0 Å². The van der Waals surface area contributed by atoms with Crippen LogP contribution < -0.4 is 56.7 Å². The Bertz CT molecular complexity index is 402. The minimum absolute atomic E-state index is 0. The van der Waals surface area contributed by atoms with Crippen molar-refractivity contribution in [1.29, 1.82) is 0 Å². The van der Waals surface area contributed by atoms with Crippen molar-refractivity contribution in [3.63, 3.8) is 0 Å². The van der Waals surface area contributed by atoms with E-state index in [2.05, 4.69) is 53.8 Å². The molecule has 0 bridgehead atoms. The van der Waals surface area contributed by atoms with Gasteiger partial charge in [0.25, 0.3) is 0 Å². The number of rotatable bonds is 0. The predicted molar refractivity (Wildman–Crippen MR) is 61.4 cm³/mol. The third-order valence-corrected chi connectivity index (χ3v) is 3.42. The van der Waals surface area contributed by atoms with Crippen LogP contribution in [-0.4, -0.2) is 0 Å². The van der Waals surface area contributed by atoms with Gasteiger partial charge in [-0.25, -0.2) is 0 Å². The first kappa shape index (κ1) is 11.7. The molecule has 0 saturated heterocycles. The van der Waals surface area contributed by atoms with Crippen LogP contribution >= 0.6 is 11.8 Å². The van der Waals surface area contributed by atoms with Crippen molar-refractivity contribution in [1.82, 2.24) is 0 Å². The van der Waals surface area contributed by atoms with E-state index in [1.54, 1.807) is 0 Å². The van der Waals surface area contributed by atoms with Crippen molar-refractivity contribution in [3.05, 3.63) is 48.5 Å². The molecule has 3 heteroatoms. The van der Waals surface area contributed by atoms with Crippen LogP contribution in [0.25, 0.3) is 0 Å². The Labute approximate surface area is 138 Å². The van der Waals surface area contributed by atoms with E-state index >= 15 is 0 Å². The SMILES string of the molecule is [H-].[K+].c1ccc2c(c1)Nc1ccccc1S2. The average molecular weight is 239 g/mol. The summed E-state index contributed by atoms with van der Waals surface area (Å²) in [7, 11) is 0. The molecule has 0 radical (unpaired) electrons. The number of nitrogens with one attached hydrogen (secondary N) is 1. The van der Waals surface area contributed by atoms with E-state index in [1.807, 2.05) is 11.8 Å². The largest absolute Gasteiger partial charge is 1.00 e. The van der Waals surface area contributed by atoms with Crippen LogP contribution in [0.2, 0.25) is 0 Å². The van der Waals surface area contributed by atoms with E-state index in [0.717, 1.165) is 0 Å². The first-order valence-electron chi connectivity index (χ1n) is 4.56. The molecule has 1 heterocycles. The van der Waals surface area contributed by atoms with Crippen molar-refractivity contribution in [2.75, 3.05) is 5.32 Å². The van der Waals surface area contributed by atoms with Crippen molar-refractivity contribution in [2.45, 2.75) is 9.79 Å². The van der Waals surface area contributed by atoms with E-state index in [1.165, 1.54) is 21.2 Å². The quantitative estimate of drug-likeness (QED) is 0.588. The van der Waals surface area contributed by atoms with Crippen molar-refractivity contribution in [3.8, 4) is 0 Å². The molecule has 1 nitrogen and oxygen atoms in total. The van der Waals surface area contributed by atoms with Crippen LogP contribution in [0.1, 0.15) is 1.43 Å². The molecule has 15 heavy (non-hydrogen) atoms. The van der Waals surface area contributed by atoms with Gasteiger partial charge in [-0.1, -0.05) is 36.0 Å². The van der Waals surface area contributed by atoms with Crippen LogP contribution in [0.15, 0.2) is 58.3 Å². The number of para-hydroxylation sites is 2. The fourth-order valence-electron chi connectivity index (χ4n) is 1.58. The Morgan fingerprint density at radius 3 is 1.80 bits per heavy atom. The second-order valence-corrected chi connectivity index (χ2v) is 4.30. The molecule has 0 spiro atoms. The van der Waals surface area contributed by atoms with Gasteiger partial charge in [0, 0.05) is 9.79 Å². The molecule has 70 valence electrons. The van der Waals surface area contributed by atoms with Crippen LogP contribution in [0.5, 0.6) is 0 Å². The normalized spacial score (nSPS) is 11.7. The summed E-state index contributed by atoms with van der Waals surface area (Å²) in [6.07, 6.45) is 0. The molecule has 0 aliphatic carbocycles. The topological polar surface area (TPSA) is 12.0 Å². The van der Waals surface area contributed by atoms with Gasteiger partial charge in [-0.2, -0.15) is 0 Å². The maximum absolute atomic E-state index is 3.42. The first-order valence-corrected chi connectivity index (χ1v) is 5.38. The zero-order valence-electron chi connectivity index (χ0n) is 9.53. The van der Waals surface area contributed by atoms with Gasteiger partial charge >= 0.3 is 51.4 Å². The number of hydrogen-bond acceptors (Lipinski definition) is 2. The molecule has 0 atom stereocenters. The monoisotopic (exact) mass is 239 g/mol. The smallest absolute Gasteiger partial charge is 1.00 e. The molecule has 0 amide bonds. The summed E-state index contributed by atoms with van der Waals surface area (Å²) >= 11 is 1.82. The molecule has 0 saturated carbocycles. The second kappa shape index (κ2) is 5.04. The molecule has 3 rings (SSSR count). The summed E-state index contributed by atoms with van der Waals surface area (Å²) in [6, 6.07) is 16.8. The van der Waals surface area contributed by atoms with Gasteiger partial charge in [-0.05, 0) is 24.3 Å². The Kier molecular flexibility index (Phi) is 3.93. The van der Waals surface area contributed by atoms with Crippen molar-refractivity contribution < 1.29 is 52.8 Å². The van der Waals surface area contributed by atoms with Crippen LogP contribution in [-0.2, 0) is 0 Å². The molecular weight excluding hydrogens is 229 g/mol. The third kappa shape index (κ3) is 2.33. The molecule has 2 aromatic carbocycles. The zero-order chi connectivity index (χ0) is 9.38. The van der Waals surface area contributed by atoms with E-state index in [4.69, 9.17) is 0 Å². The van der Waals surface area contributed by atoms with Crippen molar-refractivity contribution >= 4 is 23.1 Å². The third-order valence-electron chi connectivity index (χ3n) is 2.26. The number of benzene rings is 2. The zero-order valence-corrected chi connectivity index (χ0v) is 12.5.